The maximum atomic E-state index is 4.61. The van der Waals surface area contributed by atoms with Gasteiger partial charge in [0.2, 0.25) is 0 Å². The summed E-state index contributed by atoms with van der Waals surface area (Å²) in [4.78, 5) is 0. The average Bonchev–Trinajstić information content (AvgIpc) is 1.46. The van der Waals surface area contributed by atoms with E-state index in [0.29, 0.717) is 0 Å². The summed E-state index contributed by atoms with van der Waals surface area (Å²) >= 11 is 0. The quantitative estimate of drug-likeness (QED) is 0.413. The maximum absolute atomic E-state index is 4.61. The Balaban J connectivity index is 0. The SMILES string of the molecule is C=CN.CN. The van der Waals surface area contributed by atoms with Crippen LogP contribution in [0.4, 0.5) is 0 Å². The second-order valence-corrected chi connectivity index (χ2v) is 0.236. The largest absolute Gasteiger partial charge is 0.405 e. The lowest BCUT2D eigenvalue weighted by atomic mass is 11.1. The summed E-state index contributed by atoms with van der Waals surface area (Å²) in [6.07, 6.45) is 1.25. The van der Waals surface area contributed by atoms with E-state index in [2.05, 4.69) is 18.0 Å². The van der Waals surface area contributed by atoms with Crippen LogP contribution in [0.15, 0.2) is 12.8 Å². The molecule has 2 heteroatoms. The second-order valence-electron chi connectivity index (χ2n) is 0.236. The third kappa shape index (κ3) is 31.5. The minimum absolute atomic E-state index is 1.25. The number of rotatable bonds is 0. The average molecular weight is 74.1 g/mol. The van der Waals surface area contributed by atoms with E-state index < -0.39 is 0 Å². The first-order valence-corrected chi connectivity index (χ1v) is 1.32. The first kappa shape index (κ1) is 8.82. The summed E-state index contributed by atoms with van der Waals surface area (Å²) in [5, 5.41) is 0. The zero-order chi connectivity index (χ0) is 4.71. The minimum Gasteiger partial charge on any atom is -0.405 e. The molecule has 0 aromatic heterocycles. The van der Waals surface area contributed by atoms with Crippen LogP contribution in [-0.2, 0) is 0 Å². The maximum Gasteiger partial charge on any atom is -0.0136 e. The van der Waals surface area contributed by atoms with Crippen molar-refractivity contribution >= 4 is 0 Å². The van der Waals surface area contributed by atoms with Crippen LogP contribution in [0.5, 0.6) is 0 Å². The molecule has 5 heavy (non-hydrogen) atoms. The van der Waals surface area contributed by atoms with Gasteiger partial charge in [-0.2, -0.15) is 0 Å². The Kier molecular flexibility index (Phi) is 154. The Hall–Kier alpha value is -0.500. The topological polar surface area (TPSA) is 52.0 Å². The molecule has 0 aliphatic heterocycles. The van der Waals surface area contributed by atoms with E-state index in [9.17, 15) is 0 Å². The lowest BCUT2D eigenvalue weighted by Crippen LogP contribution is -1.69. The van der Waals surface area contributed by atoms with Crippen LogP contribution in [0.2, 0.25) is 0 Å². The van der Waals surface area contributed by atoms with Gasteiger partial charge in [-0.1, -0.05) is 6.58 Å². The first-order chi connectivity index (χ1) is 2.41. The van der Waals surface area contributed by atoms with Gasteiger partial charge in [-0.3, -0.25) is 0 Å². The molecule has 0 unspecified atom stereocenters. The van der Waals surface area contributed by atoms with E-state index in [-0.39, 0.29) is 0 Å². The van der Waals surface area contributed by atoms with E-state index in [0.717, 1.165) is 0 Å². The van der Waals surface area contributed by atoms with E-state index >= 15 is 0 Å². The third-order valence-corrected chi connectivity index (χ3v) is 0. The molecule has 0 aliphatic carbocycles. The second kappa shape index (κ2) is 87.5. The Morgan fingerprint density at radius 2 is 1.60 bits per heavy atom. The molecule has 0 bridgehead atoms. The van der Waals surface area contributed by atoms with Gasteiger partial charge >= 0.3 is 0 Å². The summed E-state index contributed by atoms with van der Waals surface area (Å²) in [7, 11) is 1.50. The highest BCUT2D eigenvalue weighted by Crippen LogP contribution is 1.13. The van der Waals surface area contributed by atoms with Gasteiger partial charge in [0.1, 0.15) is 0 Å². The Labute approximate surface area is 32.5 Å². The van der Waals surface area contributed by atoms with Crippen molar-refractivity contribution in [3.63, 3.8) is 0 Å². The molecule has 32 valence electrons. The van der Waals surface area contributed by atoms with E-state index in [1.165, 1.54) is 13.2 Å². The fourth-order valence-electron chi connectivity index (χ4n) is 0. The fraction of sp³-hybridized carbons (Fsp3) is 0.333. The van der Waals surface area contributed by atoms with Crippen molar-refractivity contribution in [2.45, 2.75) is 0 Å². The van der Waals surface area contributed by atoms with Gasteiger partial charge in [-0.25, -0.2) is 0 Å². The minimum atomic E-state index is 1.25. The van der Waals surface area contributed by atoms with Gasteiger partial charge in [0.05, 0.1) is 0 Å². The molecule has 0 aromatic carbocycles. The highest BCUT2D eigenvalue weighted by molar-refractivity contribution is 4.48. The zero-order valence-corrected chi connectivity index (χ0v) is 3.44. The molecule has 0 aliphatic rings. The highest BCUT2D eigenvalue weighted by Gasteiger charge is 1.09. The lowest BCUT2D eigenvalue weighted by Gasteiger charge is -1.40. The molecule has 2 nitrogen and oxygen atoms in total. The zero-order valence-electron chi connectivity index (χ0n) is 3.44. The Morgan fingerprint density at radius 1 is 1.60 bits per heavy atom. The molecular weight excluding hydrogens is 64.0 g/mol. The van der Waals surface area contributed by atoms with Gasteiger partial charge in [0.25, 0.3) is 0 Å². The van der Waals surface area contributed by atoms with Crippen molar-refractivity contribution in [3.8, 4) is 0 Å². The third-order valence-electron chi connectivity index (χ3n) is 0. The van der Waals surface area contributed by atoms with Crippen LogP contribution in [0, 0.1) is 0 Å². The summed E-state index contributed by atoms with van der Waals surface area (Å²) in [6.45, 7) is 3.14. The van der Waals surface area contributed by atoms with Gasteiger partial charge < -0.3 is 11.5 Å². The van der Waals surface area contributed by atoms with Crippen LogP contribution >= 0.6 is 0 Å². The molecule has 0 heterocycles. The molecule has 0 fully saturated rings. The van der Waals surface area contributed by atoms with Crippen LogP contribution in [0.3, 0.4) is 0 Å². The molecule has 0 atom stereocenters. The monoisotopic (exact) mass is 74.1 g/mol. The predicted molar refractivity (Wildman–Crippen MR) is 24.5 cm³/mol. The smallest absolute Gasteiger partial charge is 0.0136 e. The van der Waals surface area contributed by atoms with Crippen LogP contribution in [-0.4, -0.2) is 7.05 Å². The summed E-state index contributed by atoms with van der Waals surface area (Å²) in [6, 6.07) is 0. The van der Waals surface area contributed by atoms with Crippen LogP contribution < -0.4 is 11.5 Å². The first-order valence-electron chi connectivity index (χ1n) is 1.32. The van der Waals surface area contributed by atoms with Crippen molar-refractivity contribution in [1.29, 1.82) is 0 Å². The number of nitrogens with two attached hydrogens (primary N) is 2. The van der Waals surface area contributed by atoms with Crippen molar-refractivity contribution in [2.75, 3.05) is 7.05 Å². The molecule has 0 radical (unpaired) electrons. The summed E-state index contributed by atoms with van der Waals surface area (Å²) in [5.74, 6) is 0. The summed E-state index contributed by atoms with van der Waals surface area (Å²) < 4.78 is 0. The van der Waals surface area contributed by atoms with Crippen molar-refractivity contribution in [1.82, 2.24) is 0 Å². The highest BCUT2D eigenvalue weighted by atomic mass is 14.5. The summed E-state index contributed by atoms with van der Waals surface area (Å²) in [5.41, 5.74) is 9.11. The molecule has 0 amide bonds. The molecule has 4 N–H and O–H groups in total. The van der Waals surface area contributed by atoms with Crippen LogP contribution in [0.25, 0.3) is 0 Å². The normalized spacial score (nSPS) is 3.60. The molecule has 0 aromatic rings. The van der Waals surface area contributed by atoms with Gasteiger partial charge in [0, 0.05) is 0 Å². The van der Waals surface area contributed by atoms with E-state index in [4.69, 9.17) is 0 Å². The van der Waals surface area contributed by atoms with E-state index in [1.54, 1.807) is 0 Å². The predicted octanol–water partition coefficient (Wildman–Crippen LogP) is -0.336. The molecule has 0 rings (SSSR count). The Bertz CT molecular complexity index is 12.4. The Morgan fingerprint density at radius 3 is 1.60 bits per heavy atom. The lowest BCUT2D eigenvalue weighted by molar-refractivity contribution is 1.48. The molecule has 0 saturated heterocycles. The number of hydrogen-bond donors (Lipinski definition) is 2. The molecule has 0 spiro atoms. The van der Waals surface area contributed by atoms with Crippen molar-refractivity contribution in [3.05, 3.63) is 12.8 Å². The molecule has 0 saturated carbocycles. The van der Waals surface area contributed by atoms with E-state index in [1.807, 2.05) is 0 Å². The van der Waals surface area contributed by atoms with Crippen molar-refractivity contribution in [2.24, 2.45) is 11.5 Å². The standard InChI is InChI=1S/C2H5N.CH5N/c1-2-3;1-2/h2H,1,3H2;2H2,1H3. The van der Waals surface area contributed by atoms with Gasteiger partial charge in [0.15, 0.2) is 0 Å². The molecular formula is C3H10N2. The number of hydrogen-bond acceptors (Lipinski definition) is 2. The van der Waals surface area contributed by atoms with Gasteiger partial charge in [-0.15, -0.1) is 0 Å². The van der Waals surface area contributed by atoms with Gasteiger partial charge in [-0.05, 0) is 13.2 Å². The van der Waals surface area contributed by atoms with Crippen LogP contribution in [0.1, 0.15) is 0 Å². The fourth-order valence-corrected chi connectivity index (χ4v) is 0. The van der Waals surface area contributed by atoms with Crippen molar-refractivity contribution < 1.29 is 0 Å².